The van der Waals surface area contributed by atoms with Gasteiger partial charge in [-0.25, -0.2) is 4.98 Å². The van der Waals surface area contributed by atoms with Crippen molar-refractivity contribution >= 4 is 41.3 Å². The zero-order valence-electron chi connectivity index (χ0n) is 15.4. The maximum absolute atomic E-state index is 4.55. The summed E-state index contributed by atoms with van der Waals surface area (Å²) in [7, 11) is 1.83. The average Bonchev–Trinajstić information content (AvgIpc) is 2.89. The van der Waals surface area contributed by atoms with E-state index in [-0.39, 0.29) is 24.0 Å². The Labute approximate surface area is 167 Å². The van der Waals surface area contributed by atoms with Gasteiger partial charge in [0.1, 0.15) is 5.01 Å². The standard InChI is InChI=1S/C17H31N5S.HI/c1-5-22-10-7-15(8-11-22)6-9-19-17(18-4)20-12-16-21-13(2)14(3)23-16;/h15H,5-12H2,1-4H3,(H2,18,19,20);1H. The van der Waals surface area contributed by atoms with Gasteiger partial charge in [0.05, 0.1) is 12.2 Å². The molecule has 1 aliphatic rings. The maximum atomic E-state index is 4.55. The van der Waals surface area contributed by atoms with E-state index in [2.05, 4.69) is 46.3 Å². The number of nitrogens with one attached hydrogen (secondary N) is 2. The summed E-state index contributed by atoms with van der Waals surface area (Å²) in [4.78, 5) is 12.7. The van der Waals surface area contributed by atoms with Gasteiger partial charge in [0.15, 0.2) is 5.96 Å². The molecule has 0 unspecified atom stereocenters. The second-order valence-corrected chi connectivity index (χ2v) is 7.56. The summed E-state index contributed by atoms with van der Waals surface area (Å²) in [6, 6.07) is 0. The summed E-state index contributed by atoms with van der Waals surface area (Å²) < 4.78 is 0. The van der Waals surface area contributed by atoms with Crippen LogP contribution in [-0.2, 0) is 6.54 Å². The molecule has 0 atom stereocenters. The van der Waals surface area contributed by atoms with Crippen LogP contribution in [0.2, 0.25) is 0 Å². The fourth-order valence-corrected chi connectivity index (χ4v) is 3.85. The van der Waals surface area contributed by atoms with Crippen molar-refractivity contribution in [2.45, 2.75) is 46.6 Å². The predicted molar refractivity (Wildman–Crippen MR) is 115 cm³/mol. The highest BCUT2D eigenvalue weighted by Crippen LogP contribution is 2.19. The molecule has 1 fully saturated rings. The molecule has 0 saturated carbocycles. The van der Waals surface area contributed by atoms with Crippen LogP contribution in [-0.4, -0.2) is 49.1 Å². The van der Waals surface area contributed by atoms with Crippen LogP contribution >= 0.6 is 35.3 Å². The topological polar surface area (TPSA) is 52.5 Å². The molecule has 5 nitrogen and oxygen atoms in total. The summed E-state index contributed by atoms with van der Waals surface area (Å²) in [5.41, 5.74) is 1.13. The summed E-state index contributed by atoms with van der Waals surface area (Å²) in [5.74, 6) is 1.73. The SMILES string of the molecule is CCN1CCC(CCNC(=NC)NCc2nc(C)c(C)s2)CC1.I. The Balaban J connectivity index is 0.00000288. The lowest BCUT2D eigenvalue weighted by Gasteiger charge is -2.31. The second-order valence-electron chi connectivity index (χ2n) is 6.27. The summed E-state index contributed by atoms with van der Waals surface area (Å²) in [5, 5.41) is 7.91. The minimum Gasteiger partial charge on any atom is -0.356 e. The van der Waals surface area contributed by atoms with E-state index >= 15 is 0 Å². The quantitative estimate of drug-likeness (QED) is 0.385. The number of rotatable bonds is 6. The highest BCUT2D eigenvalue weighted by atomic mass is 127. The van der Waals surface area contributed by atoms with E-state index in [1.54, 1.807) is 11.3 Å². The number of aliphatic imine (C=N–C) groups is 1. The first kappa shape index (κ1) is 21.6. The number of halogens is 1. The fraction of sp³-hybridized carbons (Fsp3) is 0.765. The van der Waals surface area contributed by atoms with E-state index in [4.69, 9.17) is 0 Å². The Morgan fingerprint density at radius 2 is 2.00 bits per heavy atom. The number of piperidine rings is 1. The molecule has 1 aromatic rings. The third-order valence-electron chi connectivity index (χ3n) is 4.70. The molecular weight excluding hydrogens is 433 g/mol. The van der Waals surface area contributed by atoms with Gasteiger partial charge in [-0.3, -0.25) is 4.99 Å². The second kappa shape index (κ2) is 11.3. The zero-order valence-corrected chi connectivity index (χ0v) is 18.5. The molecule has 1 saturated heterocycles. The van der Waals surface area contributed by atoms with E-state index in [0.29, 0.717) is 0 Å². The molecule has 0 radical (unpaired) electrons. The molecule has 0 bridgehead atoms. The third-order valence-corrected chi connectivity index (χ3v) is 5.78. The number of likely N-dealkylation sites (tertiary alicyclic amines) is 1. The molecule has 0 aromatic carbocycles. The largest absolute Gasteiger partial charge is 0.356 e. The monoisotopic (exact) mass is 465 g/mol. The molecule has 2 rings (SSSR count). The number of aryl methyl sites for hydroxylation is 2. The average molecular weight is 465 g/mol. The van der Waals surface area contributed by atoms with Crippen molar-refractivity contribution in [1.82, 2.24) is 20.5 Å². The first-order valence-corrected chi connectivity index (χ1v) is 9.53. The Morgan fingerprint density at radius 1 is 1.29 bits per heavy atom. The van der Waals surface area contributed by atoms with Gasteiger partial charge >= 0.3 is 0 Å². The third kappa shape index (κ3) is 6.84. The van der Waals surface area contributed by atoms with E-state index in [9.17, 15) is 0 Å². The van der Waals surface area contributed by atoms with Crippen LogP contribution in [0.4, 0.5) is 0 Å². The maximum Gasteiger partial charge on any atom is 0.191 e. The van der Waals surface area contributed by atoms with Gasteiger partial charge < -0.3 is 15.5 Å². The van der Waals surface area contributed by atoms with Crippen molar-refractivity contribution in [2.24, 2.45) is 10.9 Å². The van der Waals surface area contributed by atoms with Gasteiger partial charge in [0, 0.05) is 18.5 Å². The van der Waals surface area contributed by atoms with Gasteiger partial charge in [0.25, 0.3) is 0 Å². The van der Waals surface area contributed by atoms with Crippen molar-refractivity contribution in [1.29, 1.82) is 0 Å². The predicted octanol–water partition coefficient (Wildman–Crippen LogP) is 3.16. The van der Waals surface area contributed by atoms with Crippen LogP contribution in [0.25, 0.3) is 0 Å². The molecule has 1 aromatic heterocycles. The number of hydrogen-bond acceptors (Lipinski definition) is 4. The van der Waals surface area contributed by atoms with Crippen LogP contribution < -0.4 is 10.6 Å². The highest BCUT2D eigenvalue weighted by molar-refractivity contribution is 14.0. The molecule has 0 spiro atoms. The number of hydrogen-bond donors (Lipinski definition) is 2. The van der Waals surface area contributed by atoms with E-state index < -0.39 is 0 Å². The fourth-order valence-electron chi connectivity index (χ4n) is 2.98. The van der Waals surface area contributed by atoms with Gasteiger partial charge in [-0.2, -0.15) is 0 Å². The lowest BCUT2D eigenvalue weighted by Crippen LogP contribution is -2.39. The molecule has 7 heteroatoms. The molecule has 24 heavy (non-hydrogen) atoms. The lowest BCUT2D eigenvalue weighted by atomic mass is 9.93. The Morgan fingerprint density at radius 3 is 2.54 bits per heavy atom. The number of nitrogens with zero attached hydrogens (tertiary/aromatic N) is 3. The number of thiazole rings is 1. The molecule has 1 aliphatic heterocycles. The van der Waals surface area contributed by atoms with Gasteiger partial charge in [0.2, 0.25) is 0 Å². The van der Waals surface area contributed by atoms with Crippen LogP contribution in [0.1, 0.15) is 41.8 Å². The van der Waals surface area contributed by atoms with Crippen molar-refractivity contribution in [3.8, 4) is 0 Å². The molecular formula is C17H32IN5S. The molecule has 0 amide bonds. The van der Waals surface area contributed by atoms with Crippen LogP contribution in [0.5, 0.6) is 0 Å². The van der Waals surface area contributed by atoms with Crippen molar-refractivity contribution in [3.63, 3.8) is 0 Å². The molecule has 138 valence electrons. The number of guanidine groups is 1. The first-order valence-electron chi connectivity index (χ1n) is 8.72. The molecule has 2 heterocycles. The van der Waals surface area contributed by atoms with Gasteiger partial charge in [-0.05, 0) is 58.7 Å². The summed E-state index contributed by atoms with van der Waals surface area (Å²) >= 11 is 1.75. The Bertz CT molecular complexity index is 490. The minimum absolute atomic E-state index is 0. The Hall–Kier alpha value is -0.410. The zero-order chi connectivity index (χ0) is 16.7. The van der Waals surface area contributed by atoms with E-state index in [0.717, 1.165) is 35.7 Å². The van der Waals surface area contributed by atoms with Gasteiger partial charge in [-0.1, -0.05) is 6.92 Å². The molecule has 2 N–H and O–H groups in total. The van der Waals surface area contributed by atoms with Crippen LogP contribution in [0, 0.1) is 19.8 Å². The van der Waals surface area contributed by atoms with E-state index in [1.165, 1.54) is 43.8 Å². The molecule has 0 aliphatic carbocycles. The number of aromatic nitrogens is 1. The van der Waals surface area contributed by atoms with Crippen LogP contribution in [0.15, 0.2) is 4.99 Å². The van der Waals surface area contributed by atoms with Crippen molar-refractivity contribution in [2.75, 3.05) is 33.2 Å². The van der Waals surface area contributed by atoms with E-state index in [1.807, 2.05) is 7.05 Å². The van der Waals surface area contributed by atoms with Gasteiger partial charge in [-0.15, -0.1) is 35.3 Å². The summed E-state index contributed by atoms with van der Waals surface area (Å²) in [6.07, 6.45) is 3.90. The first-order chi connectivity index (χ1) is 11.1. The van der Waals surface area contributed by atoms with Crippen molar-refractivity contribution in [3.05, 3.63) is 15.6 Å². The van der Waals surface area contributed by atoms with Crippen LogP contribution in [0.3, 0.4) is 0 Å². The normalized spacial score (nSPS) is 16.8. The lowest BCUT2D eigenvalue weighted by molar-refractivity contribution is 0.187. The minimum atomic E-state index is 0. The smallest absolute Gasteiger partial charge is 0.191 e. The van der Waals surface area contributed by atoms with Crippen molar-refractivity contribution < 1.29 is 0 Å². The highest BCUT2D eigenvalue weighted by Gasteiger charge is 2.17. The summed E-state index contributed by atoms with van der Waals surface area (Å²) in [6.45, 7) is 11.9. The Kier molecular flexibility index (Phi) is 10.1.